The summed E-state index contributed by atoms with van der Waals surface area (Å²) in [5.41, 5.74) is 3.14. The van der Waals surface area contributed by atoms with Crippen molar-refractivity contribution in [1.29, 1.82) is 0 Å². The molecule has 1 aliphatic rings. The van der Waals surface area contributed by atoms with Gasteiger partial charge in [-0.15, -0.1) is 0 Å². The SMILES string of the molecule is Cn1nccc1-c1nc(Cl)c2c(n1)CCCC2. The highest BCUT2D eigenvalue weighted by molar-refractivity contribution is 6.30. The number of halogens is 1. The van der Waals surface area contributed by atoms with Crippen LogP contribution in [0.2, 0.25) is 5.15 Å². The topological polar surface area (TPSA) is 43.6 Å². The van der Waals surface area contributed by atoms with Crippen molar-refractivity contribution >= 4 is 11.6 Å². The zero-order valence-corrected chi connectivity index (χ0v) is 10.4. The van der Waals surface area contributed by atoms with Gasteiger partial charge < -0.3 is 0 Å². The van der Waals surface area contributed by atoms with E-state index < -0.39 is 0 Å². The summed E-state index contributed by atoms with van der Waals surface area (Å²) < 4.78 is 1.76. The molecule has 0 saturated heterocycles. The minimum atomic E-state index is 0.603. The molecule has 5 heteroatoms. The lowest BCUT2D eigenvalue weighted by Gasteiger charge is -2.16. The molecule has 0 radical (unpaired) electrons. The van der Waals surface area contributed by atoms with Crippen molar-refractivity contribution in [2.24, 2.45) is 7.05 Å². The van der Waals surface area contributed by atoms with Gasteiger partial charge in [-0.2, -0.15) is 5.10 Å². The maximum Gasteiger partial charge on any atom is 0.179 e. The van der Waals surface area contributed by atoms with Gasteiger partial charge in [0.05, 0.1) is 0 Å². The van der Waals surface area contributed by atoms with Crippen molar-refractivity contribution in [2.45, 2.75) is 25.7 Å². The van der Waals surface area contributed by atoms with Crippen molar-refractivity contribution in [2.75, 3.05) is 0 Å². The third-order valence-electron chi connectivity index (χ3n) is 3.18. The summed E-state index contributed by atoms with van der Waals surface area (Å²) in [5.74, 6) is 0.677. The second-order valence-corrected chi connectivity index (χ2v) is 4.67. The number of aryl methyl sites for hydroxylation is 2. The van der Waals surface area contributed by atoms with Gasteiger partial charge in [-0.1, -0.05) is 11.6 Å². The lowest BCUT2D eigenvalue weighted by atomic mass is 9.97. The van der Waals surface area contributed by atoms with E-state index in [9.17, 15) is 0 Å². The van der Waals surface area contributed by atoms with E-state index in [1.54, 1.807) is 10.9 Å². The number of hydrogen-bond donors (Lipinski definition) is 0. The second kappa shape index (κ2) is 4.11. The highest BCUT2D eigenvalue weighted by Crippen LogP contribution is 2.27. The fraction of sp³-hybridized carbons (Fsp3) is 0.417. The molecule has 0 fully saturated rings. The lowest BCUT2D eigenvalue weighted by Crippen LogP contribution is -2.09. The van der Waals surface area contributed by atoms with E-state index >= 15 is 0 Å². The van der Waals surface area contributed by atoms with Crippen LogP contribution >= 0.6 is 11.6 Å². The number of fused-ring (bicyclic) bond motifs is 1. The monoisotopic (exact) mass is 248 g/mol. The first-order chi connectivity index (χ1) is 8.25. The molecule has 2 aromatic rings. The number of aromatic nitrogens is 4. The van der Waals surface area contributed by atoms with E-state index in [0.717, 1.165) is 29.8 Å². The summed E-state index contributed by atoms with van der Waals surface area (Å²) in [6.07, 6.45) is 6.11. The van der Waals surface area contributed by atoms with Crippen LogP contribution in [0.1, 0.15) is 24.1 Å². The highest BCUT2D eigenvalue weighted by Gasteiger charge is 2.18. The fourth-order valence-corrected chi connectivity index (χ4v) is 2.54. The fourth-order valence-electron chi connectivity index (χ4n) is 2.26. The largest absolute Gasteiger partial charge is 0.265 e. The Hall–Kier alpha value is -1.42. The van der Waals surface area contributed by atoms with Crippen molar-refractivity contribution < 1.29 is 0 Å². The molecule has 17 heavy (non-hydrogen) atoms. The molecule has 0 aliphatic heterocycles. The van der Waals surface area contributed by atoms with Crippen LogP contribution in [0.4, 0.5) is 0 Å². The van der Waals surface area contributed by atoms with E-state index in [-0.39, 0.29) is 0 Å². The standard InChI is InChI=1S/C12H13ClN4/c1-17-10(6-7-14-17)12-15-9-5-3-2-4-8(9)11(13)16-12/h6-7H,2-5H2,1H3. The third-order valence-corrected chi connectivity index (χ3v) is 3.50. The molecule has 3 rings (SSSR count). The quantitative estimate of drug-likeness (QED) is 0.728. The van der Waals surface area contributed by atoms with Crippen molar-refractivity contribution in [3.8, 4) is 11.5 Å². The molecule has 0 unspecified atom stereocenters. The Kier molecular flexibility index (Phi) is 2.59. The molecule has 0 aromatic carbocycles. The second-order valence-electron chi connectivity index (χ2n) is 4.31. The van der Waals surface area contributed by atoms with E-state index in [4.69, 9.17) is 11.6 Å². The Morgan fingerprint density at radius 1 is 1.24 bits per heavy atom. The summed E-state index contributed by atoms with van der Waals surface area (Å²) in [6.45, 7) is 0. The molecule has 0 N–H and O–H groups in total. The first kappa shape index (κ1) is 10.7. The molecule has 0 amide bonds. The molecular weight excluding hydrogens is 236 g/mol. The number of hydrogen-bond acceptors (Lipinski definition) is 3. The minimum Gasteiger partial charge on any atom is -0.265 e. The van der Waals surface area contributed by atoms with E-state index in [1.165, 1.54) is 12.8 Å². The maximum absolute atomic E-state index is 6.24. The van der Waals surface area contributed by atoms with Crippen LogP contribution < -0.4 is 0 Å². The predicted molar refractivity (Wildman–Crippen MR) is 65.9 cm³/mol. The zero-order valence-electron chi connectivity index (χ0n) is 9.65. The van der Waals surface area contributed by atoms with Gasteiger partial charge in [-0.25, -0.2) is 9.97 Å². The predicted octanol–water partition coefficient (Wildman–Crippen LogP) is 2.41. The van der Waals surface area contributed by atoms with Crippen LogP contribution in [0.3, 0.4) is 0 Å². The Morgan fingerprint density at radius 2 is 2.06 bits per heavy atom. The zero-order chi connectivity index (χ0) is 11.8. The summed E-state index contributed by atoms with van der Waals surface area (Å²) in [7, 11) is 1.88. The molecule has 0 spiro atoms. The molecule has 1 aliphatic carbocycles. The van der Waals surface area contributed by atoms with Gasteiger partial charge in [0, 0.05) is 24.5 Å². The summed E-state index contributed by atoms with van der Waals surface area (Å²) in [4.78, 5) is 9.00. The van der Waals surface area contributed by atoms with Gasteiger partial charge in [-0.05, 0) is 31.7 Å². The highest BCUT2D eigenvalue weighted by atomic mass is 35.5. The number of nitrogens with zero attached hydrogens (tertiary/aromatic N) is 4. The van der Waals surface area contributed by atoms with Gasteiger partial charge in [-0.3, -0.25) is 4.68 Å². The van der Waals surface area contributed by atoms with Crippen LogP contribution in [0, 0.1) is 0 Å². The maximum atomic E-state index is 6.24. The van der Waals surface area contributed by atoms with Crippen LogP contribution in [0.5, 0.6) is 0 Å². The van der Waals surface area contributed by atoms with E-state index in [0.29, 0.717) is 11.0 Å². The van der Waals surface area contributed by atoms with Gasteiger partial charge in [0.1, 0.15) is 10.8 Å². The summed E-state index contributed by atoms with van der Waals surface area (Å²) >= 11 is 6.24. The van der Waals surface area contributed by atoms with Crippen LogP contribution in [0.25, 0.3) is 11.5 Å². The lowest BCUT2D eigenvalue weighted by molar-refractivity contribution is 0.662. The molecule has 0 atom stereocenters. The Bertz CT molecular complexity index is 562. The van der Waals surface area contributed by atoms with Crippen LogP contribution in [-0.4, -0.2) is 19.7 Å². The molecule has 88 valence electrons. The van der Waals surface area contributed by atoms with Crippen molar-refractivity contribution in [3.05, 3.63) is 28.7 Å². The Labute approximate surface area is 105 Å². The summed E-state index contributed by atoms with van der Waals surface area (Å²) in [6, 6.07) is 1.90. The minimum absolute atomic E-state index is 0.603. The Balaban J connectivity index is 2.14. The average molecular weight is 249 g/mol. The van der Waals surface area contributed by atoms with Gasteiger partial charge in [0.25, 0.3) is 0 Å². The van der Waals surface area contributed by atoms with Crippen molar-refractivity contribution in [3.63, 3.8) is 0 Å². The normalized spacial score (nSPS) is 14.7. The van der Waals surface area contributed by atoms with Gasteiger partial charge in [0.2, 0.25) is 0 Å². The van der Waals surface area contributed by atoms with Gasteiger partial charge in [0.15, 0.2) is 5.82 Å². The number of rotatable bonds is 1. The average Bonchev–Trinajstić information content (AvgIpc) is 2.75. The molecule has 0 saturated carbocycles. The smallest absolute Gasteiger partial charge is 0.179 e. The van der Waals surface area contributed by atoms with Crippen LogP contribution in [0.15, 0.2) is 12.3 Å². The van der Waals surface area contributed by atoms with E-state index in [1.807, 2.05) is 13.1 Å². The van der Waals surface area contributed by atoms with Crippen LogP contribution in [-0.2, 0) is 19.9 Å². The van der Waals surface area contributed by atoms with Crippen molar-refractivity contribution in [1.82, 2.24) is 19.7 Å². The molecule has 2 heterocycles. The first-order valence-electron chi connectivity index (χ1n) is 5.79. The summed E-state index contributed by atoms with van der Waals surface area (Å²) in [5, 5.41) is 4.73. The molecule has 2 aromatic heterocycles. The molecule has 0 bridgehead atoms. The third kappa shape index (κ3) is 1.82. The first-order valence-corrected chi connectivity index (χ1v) is 6.17. The molecular formula is C12H13ClN4. The van der Waals surface area contributed by atoms with E-state index in [2.05, 4.69) is 15.1 Å². The Morgan fingerprint density at radius 3 is 2.82 bits per heavy atom. The molecule has 4 nitrogen and oxygen atoms in total. The van der Waals surface area contributed by atoms with Gasteiger partial charge >= 0.3 is 0 Å².